The highest BCUT2D eigenvalue weighted by Gasteiger charge is 1.99. The molecule has 0 aromatic carbocycles. The molecule has 0 aliphatic carbocycles. The molecule has 0 radical (unpaired) electrons. The second kappa shape index (κ2) is 14.2. The van der Waals surface area contributed by atoms with Crippen molar-refractivity contribution in [2.75, 3.05) is 19.8 Å². The van der Waals surface area contributed by atoms with Crippen LogP contribution in [-0.2, 0) is 43.7 Å². The molecule has 0 aliphatic heterocycles. The SMILES string of the molecule is CCOS(=O)(=O)O.CCOS(=O)(=O)O.CCOS(=O)(=O)O.N. The zero-order valence-corrected chi connectivity index (χ0v) is 14.5. The minimum atomic E-state index is -4.17. The summed E-state index contributed by atoms with van der Waals surface area (Å²) >= 11 is 0. The standard InChI is InChI=1S/3C2H6O4S.H3N/c3*1-2-6-7(3,4)5;/h3*2H2,1H3,(H,3,4,5);1H3. The molecule has 0 aromatic heterocycles. The third kappa shape index (κ3) is 50.4. The molecule has 0 atom stereocenters. The second-order valence-corrected chi connectivity index (χ2v) is 5.78. The van der Waals surface area contributed by atoms with Gasteiger partial charge in [0.15, 0.2) is 0 Å². The fourth-order valence-corrected chi connectivity index (χ4v) is 1.34. The van der Waals surface area contributed by atoms with Crippen LogP contribution in [-0.4, -0.2) is 58.7 Å². The summed E-state index contributed by atoms with van der Waals surface area (Å²) in [5, 5.41) is 0. The van der Waals surface area contributed by atoms with E-state index in [1.54, 1.807) is 0 Å². The summed E-state index contributed by atoms with van der Waals surface area (Å²) in [5.41, 5.74) is 0. The molecule has 0 bridgehead atoms. The van der Waals surface area contributed by atoms with Gasteiger partial charge < -0.3 is 6.15 Å². The molecule has 140 valence electrons. The first-order valence-corrected chi connectivity index (χ1v) is 9.13. The van der Waals surface area contributed by atoms with Crippen LogP contribution in [0.1, 0.15) is 20.8 Å². The Morgan fingerprint density at radius 2 is 0.727 bits per heavy atom. The van der Waals surface area contributed by atoms with E-state index in [4.69, 9.17) is 13.7 Å². The normalized spacial score (nSPS) is 11.2. The molecule has 0 aromatic rings. The van der Waals surface area contributed by atoms with Gasteiger partial charge in [0.25, 0.3) is 0 Å². The molecule has 13 nitrogen and oxygen atoms in total. The van der Waals surface area contributed by atoms with Crippen LogP contribution in [0.25, 0.3) is 0 Å². The van der Waals surface area contributed by atoms with Crippen LogP contribution in [0.15, 0.2) is 0 Å². The maximum atomic E-state index is 9.56. The molecule has 0 heterocycles. The molecule has 6 N–H and O–H groups in total. The van der Waals surface area contributed by atoms with Gasteiger partial charge in [-0.25, -0.2) is 12.5 Å². The Bertz CT molecular complexity index is 455. The van der Waals surface area contributed by atoms with Crippen molar-refractivity contribution in [3.8, 4) is 0 Å². The molecule has 0 unspecified atom stereocenters. The maximum Gasteiger partial charge on any atom is 0.397 e. The number of rotatable bonds is 6. The van der Waals surface area contributed by atoms with Gasteiger partial charge in [0.05, 0.1) is 19.8 Å². The Kier molecular flexibility index (Phi) is 19.1. The van der Waals surface area contributed by atoms with Gasteiger partial charge in [-0.05, 0) is 20.8 Å². The second-order valence-electron chi connectivity index (χ2n) is 2.50. The highest BCUT2D eigenvalue weighted by Crippen LogP contribution is 1.82. The third-order valence-corrected chi connectivity index (χ3v) is 2.40. The highest BCUT2D eigenvalue weighted by atomic mass is 32.3. The minimum absolute atomic E-state index is 0. The van der Waals surface area contributed by atoms with Gasteiger partial charge in [-0.1, -0.05) is 0 Å². The predicted molar refractivity (Wildman–Crippen MR) is 74.5 cm³/mol. The molecule has 0 saturated heterocycles. The van der Waals surface area contributed by atoms with Crippen molar-refractivity contribution in [2.24, 2.45) is 0 Å². The average Bonchev–Trinajstić information content (AvgIpc) is 2.12. The molecular weight excluding hydrogens is 374 g/mol. The molecule has 0 saturated carbocycles. The Morgan fingerprint density at radius 1 is 0.591 bits per heavy atom. The lowest BCUT2D eigenvalue weighted by Crippen LogP contribution is -2.01. The molecule has 22 heavy (non-hydrogen) atoms. The monoisotopic (exact) mass is 395 g/mol. The lowest BCUT2D eigenvalue weighted by Gasteiger charge is -1.88. The van der Waals surface area contributed by atoms with Crippen LogP contribution in [0, 0.1) is 0 Å². The predicted octanol–water partition coefficient (Wildman–Crippen LogP) is -0.361. The first kappa shape index (κ1) is 29.6. The van der Waals surface area contributed by atoms with Gasteiger partial charge in [0, 0.05) is 0 Å². The van der Waals surface area contributed by atoms with Gasteiger partial charge in [0.1, 0.15) is 0 Å². The van der Waals surface area contributed by atoms with Crippen LogP contribution in [0.3, 0.4) is 0 Å². The average molecular weight is 395 g/mol. The zero-order chi connectivity index (χ0) is 17.7. The zero-order valence-electron chi connectivity index (χ0n) is 12.1. The van der Waals surface area contributed by atoms with Crippen LogP contribution in [0.5, 0.6) is 0 Å². The van der Waals surface area contributed by atoms with E-state index in [2.05, 4.69) is 12.5 Å². The van der Waals surface area contributed by atoms with Crippen molar-refractivity contribution in [3.63, 3.8) is 0 Å². The van der Waals surface area contributed by atoms with Crippen LogP contribution < -0.4 is 6.15 Å². The van der Waals surface area contributed by atoms with Crippen molar-refractivity contribution < 1.29 is 51.5 Å². The summed E-state index contributed by atoms with van der Waals surface area (Å²) in [6, 6.07) is 0. The molecular formula is C6H21NO12S3. The summed E-state index contributed by atoms with van der Waals surface area (Å²) in [5.74, 6) is 0. The minimum Gasteiger partial charge on any atom is -0.344 e. The molecule has 0 amide bonds. The first-order chi connectivity index (χ1) is 9.18. The molecule has 0 spiro atoms. The molecule has 0 aliphatic rings. The molecule has 0 fully saturated rings. The van der Waals surface area contributed by atoms with Crippen molar-refractivity contribution in [1.29, 1.82) is 0 Å². The maximum absolute atomic E-state index is 9.56. The fraction of sp³-hybridized carbons (Fsp3) is 1.00. The first-order valence-electron chi connectivity index (χ1n) is 5.04. The third-order valence-electron chi connectivity index (χ3n) is 0.800. The topological polar surface area (TPSA) is 226 Å². The van der Waals surface area contributed by atoms with E-state index in [1.165, 1.54) is 20.8 Å². The van der Waals surface area contributed by atoms with E-state index in [1.807, 2.05) is 0 Å². The summed E-state index contributed by atoms with van der Waals surface area (Å²) in [6.07, 6.45) is 0. The fourth-order valence-electron chi connectivity index (χ4n) is 0.447. The van der Waals surface area contributed by atoms with Gasteiger partial charge in [-0.3, -0.25) is 13.7 Å². The summed E-state index contributed by atoms with van der Waals surface area (Å²) in [6.45, 7) is 4.31. The van der Waals surface area contributed by atoms with Gasteiger partial charge in [0.2, 0.25) is 0 Å². The molecule has 0 rings (SSSR count). The van der Waals surface area contributed by atoms with E-state index in [9.17, 15) is 25.3 Å². The molecule has 16 heteroatoms. The van der Waals surface area contributed by atoms with Crippen molar-refractivity contribution in [2.45, 2.75) is 20.8 Å². The van der Waals surface area contributed by atoms with E-state index in [0.29, 0.717) is 0 Å². The van der Waals surface area contributed by atoms with Crippen LogP contribution >= 0.6 is 0 Å². The van der Waals surface area contributed by atoms with Gasteiger partial charge in [-0.2, -0.15) is 25.3 Å². The lowest BCUT2D eigenvalue weighted by molar-refractivity contribution is 0.281. The lowest BCUT2D eigenvalue weighted by atomic mass is 10.9. The summed E-state index contributed by atoms with van der Waals surface area (Å²) in [4.78, 5) is 0. The smallest absolute Gasteiger partial charge is 0.344 e. The van der Waals surface area contributed by atoms with Gasteiger partial charge in [-0.15, -0.1) is 0 Å². The summed E-state index contributed by atoms with van der Waals surface area (Å²) in [7, 11) is -12.5. The quantitative estimate of drug-likeness (QED) is 0.422. The van der Waals surface area contributed by atoms with Crippen molar-refractivity contribution in [3.05, 3.63) is 0 Å². The Balaban J connectivity index is -0.000000108. The largest absolute Gasteiger partial charge is 0.397 e. The Morgan fingerprint density at radius 3 is 0.727 bits per heavy atom. The number of hydrogen-bond acceptors (Lipinski definition) is 10. The van der Waals surface area contributed by atoms with E-state index >= 15 is 0 Å². The Hall–Kier alpha value is -0.430. The van der Waals surface area contributed by atoms with E-state index in [-0.39, 0.29) is 26.0 Å². The van der Waals surface area contributed by atoms with Gasteiger partial charge >= 0.3 is 31.2 Å². The summed E-state index contributed by atoms with van der Waals surface area (Å²) < 4.78 is 92.0. The van der Waals surface area contributed by atoms with E-state index in [0.717, 1.165) is 0 Å². The number of hydrogen-bond donors (Lipinski definition) is 4. The van der Waals surface area contributed by atoms with Crippen molar-refractivity contribution >= 4 is 31.2 Å². The Labute approximate surface area is 130 Å². The highest BCUT2D eigenvalue weighted by molar-refractivity contribution is 7.81. The van der Waals surface area contributed by atoms with Crippen LogP contribution in [0.4, 0.5) is 0 Å². The van der Waals surface area contributed by atoms with Crippen molar-refractivity contribution in [1.82, 2.24) is 6.15 Å². The van der Waals surface area contributed by atoms with Crippen LogP contribution in [0.2, 0.25) is 0 Å². The van der Waals surface area contributed by atoms with E-state index < -0.39 is 31.2 Å².